The summed E-state index contributed by atoms with van der Waals surface area (Å²) in [5.41, 5.74) is 6.13. The van der Waals surface area contributed by atoms with Crippen molar-refractivity contribution < 1.29 is 18.7 Å². The highest BCUT2D eigenvalue weighted by atomic mass is 35.5. The number of carbonyl (C=O) groups excluding carboxylic acids is 2. The summed E-state index contributed by atoms with van der Waals surface area (Å²) in [7, 11) is 0. The van der Waals surface area contributed by atoms with Crippen LogP contribution in [0, 0.1) is 0 Å². The van der Waals surface area contributed by atoms with E-state index in [4.69, 9.17) is 26.5 Å². The van der Waals surface area contributed by atoms with Crippen LogP contribution in [0.4, 0.5) is 10.5 Å². The molecule has 28 heavy (non-hydrogen) atoms. The summed E-state index contributed by atoms with van der Waals surface area (Å²) in [6.45, 7) is 5.71. The molecule has 150 valence electrons. The van der Waals surface area contributed by atoms with Crippen molar-refractivity contribution in [3.8, 4) is 0 Å². The standard InChI is InChI=1S/C19H23ClN4O4/c1-11-10-27-7-6-24(11)13-4-5-23(9-13)19(26)22-16-14-8-12(20)2-3-15(14)28-17(16)18(21)25/h2-3,8,11,13H,4-7,9-10H2,1H3,(H2,21,25)(H,22,26)/t11-,13-/m0/s1. The number of nitrogens with one attached hydrogen (secondary N) is 1. The third kappa shape index (κ3) is 3.55. The van der Waals surface area contributed by atoms with Crippen LogP contribution >= 0.6 is 11.6 Å². The molecule has 3 N–H and O–H groups in total. The normalized spacial score (nSPS) is 23.3. The van der Waals surface area contributed by atoms with E-state index in [-0.39, 0.29) is 17.5 Å². The predicted octanol–water partition coefficient (Wildman–Crippen LogP) is 2.51. The van der Waals surface area contributed by atoms with E-state index in [1.807, 2.05) is 0 Å². The molecule has 4 rings (SSSR count). The van der Waals surface area contributed by atoms with Gasteiger partial charge in [0.15, 0.2) is 0 Å². The molecule has 2 atom stereocenters. The van der Waals surface area contributed by atoms with E-state index in [2.05, 4.69) is 17.1 Å². The monoisotopic (exact) mass is 406 g/mol. The van der Waals surface area contributed by atoms with E-state index in [9.17, 15) is 9.59 Å². The number of ether oxygens (including phenoxy) is 1. The van der Waals surface area contributed by atoms with Gasteiger partial charge in [-0.2, -0.15) is 0 Å². The molecule has 3 heterocycles. The zero-order valence-electron chi connectivity index (χ0n) is 15.6. The Bertz CT molecular complexity index is 915. The van der Waals surface area contributed by atoms with Crippen molar-refractivity contribution in [1.82, 2.24) is 9.80 Å². The fourth-order valence-electron chi connectivity index (χ4n) is 4.03. The topological polar surface area (TPSA) is 101 Å². The Hall–Kier alpha value is -2.29. The van der Waals surface area contributed by atoms with Gasteiger partial charge in [0.2, 0.25) is 5.76 Å². The molecule has 2 fully saturated rings. The maximum atomic E-state index is 12.9. The number of hydrogen-bond donors (Lipinski definition) is 2. The number of anilines is 1. The van der Waals surface area contributed by atoms with Crippen molar-refractivity contribution in [3.63, 3.8) is 0 Å². The van der Waals surface area contributed by atoms with E-state index >= 15 is 0 Å². The molecule has 0 bridgehead atoms. The molecule has 3 amide bonds. The zero-order chi connectivity index (χ0) is 19.8. The first-order valence-corrected chi connectivity index (χ1v) is 9.73. The lowest BCUT2D eigenvalue weighted by atomic mass is 10.1. The van der Waals surface area contributed by atoms with Gasteiger partial charge >= 0.3 is 6.03 Å². The van der Waals surface area contributed by atoms with Crippen LogP contribution in [0.1, 0.15) is 23.9 Å². The third-order valence-corrected chi connectivity index (χ3v) is 5.68. The fraction of sp³-hybridized carbons (Fsp3) is 0.474. The van der Waals surface area contributed by atoms with Gasteiger partial charge in [0.25, 0.3) is 5.91 Å². The number of hydrogen-bond acceptors (Lipinski definition) is 5. The van der Waals surface area contributed by atoms with Crippen molar-refractivity contribution in [2.45, 2.75) is 25.4 Å². The van der Waals surface area contributed by atoms with Crippen LogP contribution in [0.3, 0.4) is 0 Å². The van der Waals surface area contributed by atoms with Gasteiger partial charge in [-0.3, -0.25) is 9.69 Å². The van der Waals surface area contributed by atoms with Crippen molar-refractivity contribution in [3.05, 3.63) is 29.0 Å². The number of rotatable bonds is 3. The highest BCUT2D eigenvalue weighted by Gasteiger charge is 2.34. The molecule has 9 heteroatoms. The van der Waals surface area contributed by atoms with Gasteiger partial charge < -0.3 is 25.1 Å². The minimum atomic E-state index is -0.746. The first kappa shape index (κ1) is 19.0. The number of fused-ring (bicyclic) bond motifs is 1. The molecule has 2 aromatic rings. The number of benzene rings is 1. The molecule has 0 spiro atoms. The van der Waals surface area contributed by atoms with Crippen LogP contribution in [-0.4, -0.2) is 66.7 Å². The number of nitrogens with two attached hydrogens (primary N) is 1. The Labute approximate surface area is 167 Å². The summed E-state index contributed by atoms with van der Waals surface area (Å²) in [5.74, 6) is -0.827. The lowest BCUT2D eigenvalue weighted by Gasteiger charge is -2.37. The van der Waals surface area contributed by atoms with Crippen LogP contribution in [0.15, 0.2) is 22.6 Å². The minimum absolute atomic E-state index is 0.0804. The molecule has 8 nitrogen and oxygen atoms in total. The average Bonchev–Trinajstić information content (AvgIpc) is 3.28. The molecule has 2 aliphatic rings. The van der Waals surface area contributed by atoms with E-state index in [1.165, 1.54) is 0 Å². The Morgan fingerprint density at radius 2 is 2.14 bits per heavy atom. The summed E-state index contributed by atoms with van der Waals surface area (Å²) in [6.07, 6.45) is 0.901. The molecular weight excluding hydrogens is 384 g/mol. The minimum Gasteiger partial charge on any atom is -0.449 e. The second-order valence-electron chi connectivity index (χ2n) is 7.29. The molecule has 0 saturated carbocycles. The average molecular weight is 407 g/mol. The maximum absolute atomic E-state index is 12.9. The predicted molar refractivity (Wildman–Crippen MR) is 106 cm³/mol. The zero-order valence-corrected chi connectivity index (χ0v) is 16.4. The van der Waals surface area contributed by atoms with Crippen molar-refractivity contribution in [2.24, 2.45) is 5.73 Å². The van der Waals surface area contributed by atoms with E-state index < -0.39 is 5.91 Å². The van der Waals surface area contributed by atoms with E-state index in [1.54, 1.807) is 23.1 Å². The molecule has 2 saturated heterocycles. The van der Waals surface area contributed by atoms with Gasteiger partial charge in [-0.1, -0.05) is 11.6 Å². The molecular formula is C19H23ClN4O4. The van der Waals surface area contributed by atoms with E-state index in [0.29, 0.717) is 47.8 Å². The van der Waals surface area contributed by atoms with Crippen molar-refractivity contribution in [2.75, 3.05) is 38.2 Å². The number of likely N-dealkylation sites (tertiary alicyclic amines) is 1. The SMILES string of the molecule is C[C@H]1COCCN1[C@H]1CCN(C(=O)Nc2c(C(N)=O)oc3ccc(Cl)cc23)C1. The number of halogens is 1. The van der Waals surface area contributed by atoms with Crippen LogP contribution in [0.25, 0.3) is 11.0 Å². The molecule has 1 aromatic heterocycles. The Balaban J connectivity index is 1.52. The quantitative estimate of drug-likeness (QED) is 0.815. The maximum Gasteiger partial charge on any atom is 0.322 e. The second-order valence-corrected chi connectivity index (χ2v) is 7.73. The number of urea groups is 1. The van der Waals surface area contributed by atoms with Crippen LogP contribution in [0.5, 0.6) is 0 Å². The fourth-order valence-corrected chi connectivity index (χ4v) is 4.20. The molecule has 0 aliphatic carbocycles. The summed E-state index contributed by atoms with van der Waals surface area (Å²) >= 11 is 6.07. The second kappa shape index (κ2) is 7.62. The molecule has 0 radical (unpaired) electrons. The lowest BCUT2D eigenvalue weighted by Crippen LogP contribution is -2.50. The van der Waals surface area contributed by atoms with Crippen LogP contribution in [-0.2, 0) is 4.74 Å². The Morgan fingerprint density at radius 1 is 1.32 bits per heavy atom. The van der Waals surface area contributed by atoms with Crippen molar-refractivity contribution >= 4 is 40.2 Å². The molecule has 1 aromatic carbocycles. The largest absolute Gasteiger partial charge is 0.449 e. The Morgan fingerprint density at radius 3 is 2.89 bits per heavy atom. The molecule has 0 unspecified atom stereocenters. The highest BCUT2D eigenvalue weighted by Crippen LogP contribution is 2.33. The summed E-state index contributed by atoms with van der Waals surface area (Å²) in [5, 5.41) is 3.83. The van der Waals surface area contributed by atoms with Gasteiger partial charge in [0.1, 0.15) is 11.3 Å². The summed E-state index contributed by atoms with van der Waals surface area (Å²) in [4.78, 5) is 28.8. The number of carbonyl (C=O) groups is 2. The summed E-state index contributed by atoms with van der Waals surface area (Å²) in [6, 6.07) is 5.29. The van der Waals surface area contributed by atoms with Gasteiger partial charge in [-0.05, 0) is 31.5 Å². The number of morpholine rings is 1. The number of amides is 3. The summed E-state index contributed by atoms with van der Waals surface area (Å²) < 4.78 is 11.0. The van der Waals surface area contributed by atoms with Crippen LogP contribution in [0.2, 0.25) is 5.02 Å². The van der Waals surface area contributed by atoms with Gasteiger partial charge in [0, 0.05) is 42.1 Å². The number of primary amides is 1. The number of furan rings is 1. The Kier molecular flexibility index (Phi) is 5.18. The first-order valence-electron chi connectivity index (χ1n) is 9.35. The van der Waals surface area contributed by atoms with Crippen molar-refractivity contribution in [1.29, 1.82) is 0 Å². The number of nitrogens with zero attached hydrogens (tertiary/aromatic N) is 2. The first-order chi connectivity index (χ1) is 13.4. The van der Waals surface area contributed by atoms with Gasteiger partial charge in [-0.25, -0.2) is 4.79 Å². The molecule has 2 aliphatic heterocycles. The van der Waals surface area contributed by atoms with Gasteiger partial charge in [-0.15, -0.1) is 0 Å². The van der Waals surface area contributed by atoms with Gasteiger partial charge in [0.05, 0.1) is 13.2 Å². The lowest BCUT2D eigenvalue weighted by molar-refractivity contribution is -0.0192. The smallest absolute Gasteiger partial charge is 0.322 e. The highest BCUT2D eigenvalue weighted by molar-refractivity contribution is 6.31. The third-order valence-electron chi connectivity index (χ3n) is 5.44. The van der Waals surface area contributed by atoms with E-state index in [0.717, 1.165) is 19.6 Å². The van der Waals surface area contributed by atoms with Crippen LogP contribution < -0.4 is 11.1 Å².